The number of benzene rings is 3. The largest absolute Gasteiger partial charge is 0.491 e. The maximum Gasteiger partial charge on any atom is 0.251 e. The van der Waals surface area contributed by atoms with Crippen molar-refractivity contribution in [3.63, 3.8) is 0 Å². The molecule has 0 spiro atoms. The molecule has 1 unspecified atom stereocenters. The predicted octanol–water partition coefficient (Wildman–Crippen LogP) is 10.1. The van der Waals surface area contributed by atoms with Gasteiger partial charge in [-0.1, -0.05) is 72.6 Å². The van der Waals surface area contributed by atoms with Crippen LogP contribution in [-0.2, 0) is 25.1 Å². The third-order valence-electron chi connectivity index (χ3n) is 11.3. The topological polar surface area (TPSA) is 129 Å². The average Bonchev–Trinajstić information content (AvgIpc) is 3.56. The number of carbonyl (C=O) groups excluding carboxylic acids is 2. The lowest BCUT2D eigenvalue weighted by atomic mass is 9.81. The second-order valence-corrected chi connectivity index (χ2v) is 16.4. The third kappa shape index (κ3) is 11.2. The number of ether oxygens (including phenoxy) is 3. The molecule has 0 saturated carbocycles. The normalized spacial score (nSPS) is 16.3. The molecule has 0 radical (unpaired) electrons. The van der Waals surface area contributed by atoms with Crippen LogP contribution < -0.4 is 15.0 Å². The van der Waals surface area contributed by atoms with E-state index < -0.39 is 6.23 Å². The third-order valence-corrected chi connectivity index (χ3v) is 11.3. The molecular formula is C49H63N6O5+. The first-order chi connectivity index (χ1) is 28.8. The van der Waals surface area contributed by atoms with Gasteiger partial charge in [0.25, 0.3) is 5.91 Å². The van der Waals surface area contributed by atoms with Gasteiger partial charge in [0.15, 0.2) is 11.9 Å². The number of nitrogens with zero attached hydrogens (tertiary/aromatic N) is 5. The van der Waals surface area contributed by atoms with Crippen molar-refractivity contribution in [2.24, 2.45) is 5.11 Å². The Morgan fingerprint density at radius 2 is 1.67 bits per heavy atom. The van der Waals surface area contributed by atoms with Crippen LogP contribution >= 0.6 is 0 Å². The highest BCUT2D eigenvalue weighted by molar-refractivity contribution is 6.03. The van der Waals surface area contributed by atoms with Gasteiger partial charge in [0, 0.05) is 83.9 Å². The zero-order valence-electron chi connectivity index (χ0n) is 36.8. The summed E-state index contributed by atoms with van der Waals surface area (Å²) in [6.07, 6.45) is 12.2. The summed E-state index contributed by atoms with van der Waals surface area (Å²) in [7, 11) is 0. The molecular weight excluding hydrogens is 753 g/mol. The van der Waals surface area contributed by atoms with E-state index in [1.165, 1.54) is 45.0 Å². The number of ketones is 1. The number of amides is 1. The maximum atomic E-state index is 13.0. The number of rotatable bonds is 22. The maximum absolute atomic E-state index is 13.0. The number of anilines is 1. The van der Waals surface area contributed by atoms with E-state index in [4.69, 9.17) is 19.7 Å². The average molecular weight is 816 g/mol. The quantitative estimate of drug-likeness (QED) is 0.0269. The molecule has 11 nitrogen and oxygen atoms in total. The summed E-state index contributed by atoms with van der Waals surface area (Å²) in [5.41, 5.74) is 19.2. The minimum absolute atomic E-state index is 0.00987. The molecule has 11 heteroatoms. The van der Waals surface area contributed by atoms with Gasteiger partial charge in [-0.25, -0.2) is 0 Å². The summed E-state index contributed by atoms with van der Waals surface area (Å²) in [5.74, 6) is 0.371. The van der Waals surface area contributed by atoms with Gasteiger partial charge in [-0.2, -0.15) is 4.58 Å². The molecule has 0 fully saturated rings. The zero-order valence-corrected chi connectivity index (χ0v) is 36.8. The molecule has 0 aromatic heterocycles. The second-order valence-electron chi connectivity index (χ2n) is 16.4. The minimum atomic E-state index is -0.827. The van der Waals surface area contributed by atoms with Crippen molar-refractivity contribution in [3.8, 4) is 5.75 Å². The number of azide groups is 1. The van der Waals surface area contributed by atoms with Gasteiger partial charge in [-0.15, -0.1) is 0 Å². The highest BCUT2D eigenvalue weighted by Crippen LogP contribution is 2.48. The van der Waals surface area contributed by atoms with E-state index in [0.717, 1.165) is 19.5 Å². The Balaban J connectivity index is 1.14. The van der Waals surface area contributed by atoms with Crippen LogP contribution in [0, 0.1) is 13.8 Å². The molecule has 1 amide bonds. The first-order valence-electron chi connectivity index (χ1n) is 21.3. The van der Waals surface area contributed by atoms with Crippen molar-refractivity contribution in [3.05, 3.63) is 135 Å². The highest BCUT2D eigenvalue weighted by atomic mass is 16.6. The van der Waals surface area contributed by atoms with E-state index in [2.05, 4.69) is 140 Å². The molecule has 0 bridgehead atoms. The number of aryl methyl sites for hydroxylation is 2. The molecule has 318 valence electrons. The van der Waals surface area contributed by atoms with Crippen LogP contribution in [0.25, 0.3) is 10.4 Å². The van der Waals surface area contributed by atoms with Gasteiger partial charge in [0.2, 0.25) is 5.69 Å². The number of nitrogens with one attached hydrogen (secondary N) is 1. The molecule has 5 rings (SSSR count). The van der Waals surface area contributed by atoms with Gasteiger partial charge in [0.1, 0.15) is 24.7 Å². The smallest absolute Gasteiger partial charge is 0.251 e. The monoisotopic (exact) mass is 815 g/mol. The Bertz CT molecular complexity index is 2180. The Morgan fingerprint density at radius 1 is 0.917 bits per heavy atom. The van der Waals surface area contributed by atoms with E-state index >= 15 is 0 Å². The van der Waals surface area contributed by atoms with E-state index in [1.807, 2.05) is 6.92 Å². The summed E-state index contributed by atoms with van der Waals surface area (Å²) in [4.78, 5) is 31.2. The fourth-order valence-electron chi connectivity index (χ4n) is 8.12. The molecule has 2 heterocycles. The zero-order chi connectivity index (χ0) is 43.3. The van der Waals surface area contributed by atoms with E-state index in [0.29, 0.717) is 50.3 Å². The lowest BCUT2D eigenvalue weighted by molar-refractivity contribution is -0.438. The number of likely N-dealkylation sites (N-methyl/N-ethyl adjacent to an activating group) is 1. The number of hydrogen-bond donors (Lipinski definition) is 1. The predicted molar refractivity (Wildman–Crippen MR) is 241 cm³/mol. The van der Waals surface area contributed by atoms with Gasteiger partial charge in [-0.3, -0.25) is 9.59 Å². The number of Topliss-reactive ketones (excluding diaryl/α,β-unsaturated/α-hetero) is 1. The molecule has 1 atom stereocenters. The van der Waals surface area contributed by atoms with Crippen LogP contribution in [0.2, 0.25) is 0 Å². The van der Waals surface area contributed by atoms with E-state index in [-0.39, 0.29) is 35.7 Å². The fraction of sp³-hybridized carbons (Fsp3) is 0.449. The van der Waals surface area contributed by atoms with Crippen LogP contribution in [-0.4, -0.2) is 74.3 Å². The minimum Gasteiger partial charge on any atom is -0.491 e. The van der Waals surface area contributed by atoms with Crippen LogP contribution in [0.3, 0.4) is 0 Å². The Morgan fingerprint density at radius 3 is 2.42 bits per heavy atom. The number of hydrogen-bond acceptors (Lipinski definition) is 7. The van der Waals surface area contributed by atoms with Crippen molar-refractivity contribution < 1.29 is 28.4 Å². The molecule has 0 aliphatic carbocycles. The summed E-state index contributed by atoms with van der Waals surface area (Å²) >= 11 is 0. The Labute approximate surface area is 356 Å². The first-order valence-corrected chi connectivity index (χ1v) is 21.3. The Kier molecular flexibility index (Phi) is 16.1. The van der Waals surface area contributed by atoms with Crippen LogP contribution in [0.1, 0.15) is 99.8 Å². The van der Waals surface area contributed by atoms with Crippen molar-refractivity contribution in [1.82, 2.24) is 5.32 Å². The highest BCUT2D eigenvalue weighted by Gasteiger charge is 2.44. The summed E-state index contributed by atoms with van der Waals surface area (Å²) < 4.78 is 18.9. The van der Waals surface area contributed by atoms with Crippen LogP contribution in [0.4, 0.5) is 11.4 Å². The molecule has 3 aromatic carbocycles. The number of allylic oxidation sites excluding steroid dienone is 6. The van der Waals surface area contributed by atoms with E-state index in [1.54, 1.807) is 24.3 Å². The SMILES string of the molecule is CCOCCOC(COc1cccc(C(=O)NCCCC(=O)CCC[N+]2=C(C=CC=CC=C3N(CC)c4ccc(C)cc4C3(C)C)C(C)(C)c3cc(C)ccc32)c1)N=[N+]=[N-]. The number of carbonyl (C=O) groups is 2. The second kappa shape index (κ2) is 21.2. The van der Waals surface area contributed by atoms with Crippen molar-refractivity contribution >= 4 is 28.8 Å². The lowest BCUT2D eigenvalue weighted by Crippen LogP contribution is -2.28. The first kappa shape index (κ1) is 45.6. The van der Waals surface area contributed by atoms with Crippen molar-refractivity contribution in [2.45, 2.75) is 98.1 Å². The molecule has 2 aliphatic heterocycles. The fourth-order valence-corrected chi connectivity index (χ4v) is 8.12. The van der Waals surface area contributed by atoms with Crippen molar-refractivity contribution in [1.29, 1.82) is 0 Å². The molecule has 60 heavy (non-hydrogen) atoms. The standard InChI is InChI=1S/C49H62N6O5/c1-9-54-42-25-23-35(3)31-40(42)48(5,6)44(54)21-12-11-13-22-45-49(7,8)41-32-36(4)24-26-43(41)55(45)28-16-19-38(56)18-15-27-51-47(57)37-17-14-20-39(33-37)60-34-46(52-53-50)59-30-29-58-10-2/h11-14,17,20-26,31-33,46H,9-10,15-16,18-19,27-30,34H2,1-8H3/p+1. The lowest BCUT2D eigenvalue weighted by Gasteiger charge is -2.25. The van der Waals surface area contributed by atoms with Crippen molar-refractivity contribution in [2.75, 3.05) is 51.0 Å². The number of fused-ring (bicyclic) bond motifs is 2. The van der Waals surface area contributed by atoms with Crippen LogP contribution in [0.15, 0.2) is 102 Å². The molecule has 0 saturated heterocycles. The van der Waals surface area contributed by atoms with Gasteiger partial charge in [-0.05, 0) is 95.5 Å². The summed E-state index contributed by atoms with van der Waals surface area (Å²) in [6, 6.07) is 20.2. The molecule has 1 N–H and O–H groups in total. The molecule has 2 aliphatic rings. The van der Waals surface area contributed by atoms with Gasteiger partial charge >= 0.3 is 0 Å². The Hall–Kier alpha value is -5.48. The summed E-state index contributed by atoms with van der Waals surface area (Å²) in [5, 5.41) is 6.53. The van der Waals surface area contributed by atoms with E-state index in [9.17, 15) is 9.59 Å². The summed E-state index contributed by atoms with van der Waals surface area (Å²) in [6.45, 7) is 20.8. The molecule has 3 aromatic rings. The van der Waals surface area contributed by atoms with Gasteiger partial charge < -0.3 is 24.4 Å². The van der Waals surface area contributed by atoms with Crippen LogP contribution in [0.5, 0.6) is 5.75 Å². The van der Waals surface area contributed by atoms with Gasteiger partial charge in [0.05, 0.1) is 18.6 Å².